The lowest BCUT2D eigenvalue weighted by molar-refractivity contribution is 0.414. The van der Waals surface area contributed by atoms with Crippen molar-refractivity contribution in [1.29, 1.82) is 0 Å². The predicted octanol–water partition coefficient (Wildman–Crippen LogP) is 3.55. The van der Waals surface area contributed by atoms with Gasteiger partial charge in [0.2, 0.25) is 0 Å². The Kier molecular flexibility index (Phi) is 5.04. The molecule has 4 heteroatoms. The first kappa shape index (κ1) is 14.9. The molecule has 0 bridgehead atoms. The lowest BCUT2D eigenvalue weighted by Gasteiger charge is -2.22. The molecule has 0 aliphatic heterocycles. The summed E-state index contributed by atoms with van der Waals surface area (Å²) >= 11 is 3.48. The normalized spacial score (nSPS) is 10.4. The number of ether oxygens (including phenoxy) is 1. The highest BCUT2D eigenvalue weighted by Gasteiger charge is 2.08. The van der Waals surface area contributed by atoms with Crippen molar-refractivity contribution in [2.24, 2.45) is 5.73 Å². The number of halogens is 1. The van der Waals surface area contributed by atoms with Gasteiger partial charge in [-0.2, -0.15) is 0 Å². The summed E-state index contributed by atoms with van der Waals surface area (Å²) in [6, 6.07) is 14.3. The van der Waals surface area contributed by atoms with Crippen LogP contribution in [0, 0.1) is 0 Å². The maximum atomic E-state index is 5.82. The van der Waals surface area contributed by atoms with E-state index in [1.54, 1.807) is 7.11 Å². The van der Waals surface area contributed by atoms with Gasteiger partial charge in [-0.15, -0.1) is 0 Å². The predicted molar refractivity (Wildman–Crippen MR) is 87.1 cm³/mol. The van der Waals surface area contributed by atoms with Crippen molar-refractivity contribution in [3.05, 3.63) is 58.1 Å². The summed E-state index contributed by atoms with van der Waals surface area (Å²) in [5, 5.41) is 0. The van der Waals surface area contributed by atoms with Crippen LogP contribution in [0.15, 0.2) is 46.9 Å². The first-order valence-electron chi connectivity index (χ1n) is 6.46. The van der Waals surface area contributed by atoms with Crippen LogP contribution in [0.1, 0.15) is 11.1 Å². The van der Waals surface area contributed by atoms with Crippen LogP contribution < -0.4 is 15.4 Å². The summed E-state index contributed by atoms with van der Waals surface area (Å²) in [5.74, 6) is 0.877. The minimum atomic E-state index is 0.529. The van der Waals surface area contributed by atoms with E-state index < -0.39 is 0 Å². The second kappa shape index (κ2) is 6.77. The molecule has 20 heavy (non-hydrogen) atoms. The van der Waals surface area contributed by atoms with Crippen LogP contribution in [0.3, 0.4) is 0 Å². The van der Waals surface area contributed by atoms with Gasteiger partial charge >= 0.3 is 0 Å². The molecule has 0 atom stereocenters. The van der Waals surface area contributed by atoms with E-state index in [0.29, 0.717) is 6.54 Å². The zero-order valence-corrected chi connectivity index (χ0v) is 13.4. The molecule has 0 amide bonds. The Morgan fingerprint density at radius 2 is 1.85 bits per heavy atom. The van der Waals surface area contributed by atoms with Gasteiger partial charge < -0.3 is 15.4 Å². The number of methoxy groups -OCH3 is 1. The third kappa shape index (κ3) is 3.52. The standard InChI is InChI=1S/C16H19BrN2O/c1-19(11-12-3-6-15(20-2)7-4-12)16-8-5-14(17)9-13(16)10-18/h3-9H,10-11,18H2,1-2H3. The first-order chi connectivity index (χ1) is 9.63. The zero-order valence-electron chi connectivity index (χ0n) is 11.8. The number of nitrogens with zero attached hydrogens (tertiary/aromatic N) is 1. The van der Waals surface area contributed by atoms with E-state index in [0.717, 1.165) is 28.0 Å². The van der Waals surface area contributed by atoms with Crippen molar-refractivity contribution in [2.75, 3.05) is 19.1 Å². The number of nitrogens with two attached hydrogens (primary N) is 1. The Morgan fingerprint density at radius 1 is 1.15 bits per heavy atom. The van der Waals surface area contributed by atoms with E-state index in [4.69, 9.17) is 10.5 Å². The van der Waals surface area contributed by atoms with E-state index in [1.807, 2.05) is 18.2 Å². The molecule has 2 rings (SSSR count). The highest BCUT2D eigenvalue weighted by atomic mass is 79.9. The Morgan fingerprint density at radius 3 is 2.45 bits per heavy atom. The fourth-order valence-electron chi connectivity index (χ4n) is 2.18. The Balaban J connectivity index is 2.16. The van der Waals surface area contributed by atoms with Crippen LogP contribution in [-0.2, 0) is 13.1 Å². The molecule has 0 heterocycles. The molecule has 2 N–H and O–H groups in total. The largest absolute Gasteiger partial charge is 0.497 e. The molecule has 0 saturated carbocycles. The van der Waals surface area contributed by atoms with Crippen molar-refractivity contribution in [1.82, 2.24) is 0 Å². The van der Waals surface area contributed by atoms with Gasteiger partial charge in [0, 0.05) is 30.3 Å². The quantitative estimate of drug-likeness (QED) is 0.908. The Hall–Kier alpha value is -1.52. The van der Waals surface area contributed by atoms with Crippen LogP contribution >= 0.6 is 15.9 Å². The smallest absolute Gasteiger partial charge is 0.118 e. The maximum Gasteiger partial charge on any atom is 0.118 e. The molecule has 0 radical (unpaired) electrons. The highest BCUT2D eigenvalue weighted by Crippen LogP contribution is 2.25. The summed E-state index contributed by atoms with van der Waals surface area (Å²) in [7, 11) is 3.75. The third-order valence-corrected chi connectivity index (χ3v) is 3.74. The van der Waals surface area contributed by atoms with Crippen molar-refractivity contribution in [3.8, 4) is 5.75 Å². The second-order valence-corrected chi connectivity index (χ2v) is 5.60. The molecular formula is C16H19BrN2O. The SMILES string of the molecule is COc1ccc(CN(C)c2ccc(Br)cc2CN)cc1. The highest BCUT2D eigenvalue weighted by molar-refractivity contribution is 9.10. The average Bonchev–Trinajstić information content (AvgIpc) is 2.47. The number of benzene rings is 2. The molecule has 0 aliphatic rings. The summed E-state index contributed by atoms with van der Waals surface area (Å²) in [4.78, 5) is 2.20. The Labute approximate surface area is 128 Å². The topological polar surface area (TPSA) is 38.5 Å². The molecule has 0 saturated heterocycles. The maximum absolute atomic E-state index is 5.82. The number of hydrogen-bond acceptors (Lipinski definition) is 3. The van der Waals surface area contributed by atoms with Crippen LogP contribution in [-0.4, -0.2) is 14.2 Å². The molecule has 2 aromatic rings. The number of anilines is 1. The van der Waals surface area contributed by atoms with Gasteiger partial charge in [-0.05, 0) is 41.5 Å². The summed E-state index contributed by atoms with van der Waals surface area (Å²) in [5.41, 5.74) is 9.35. The summed E-state index contributed by atoms with van der Waals surface area (Å²) in [6.07, 6.45) is 0. The van der Waals surface area contributed by atoms with Crippen molar-refractivity contribution < 1.29 is 4.74 Å². The van der Waals surface area contributed by atoms with Crippen LogP contribution in [0.4, 0.5) is 5.69 Å². The van der Waals surface area contributed by atoms with E-state index in [9.17, 15) is 0 Å². The summed E-state index contributed by atoms with van der Waals surface area (Å²) in [6.45, 7) is 1.36. The van der Waals surface area contributed by atoms with Crippen LogP contribution in [0.25, 0.3) is 0 Å². The van der Waals surface area contributed by atoms with E-state index in [2.05, 4.69) is 52.1 Å². The van der Waals surface area contributed by atoms with Gasteiger partial charge in [0.25, 0.3) is 0 Å². The van der Waals surface area contributed by atoms with Gasteiger partial charge in [-0.1, -0.05) is 28.1 Å². The van der Waals surface area contributed by atoms with Gasteiger partial charge in [-0.3, -0.25) is 0 Å². The fourth-order valence-corrected chi connectivity index (χ4v) is 2.59. The lowest BCUT2D eigenvalue weighted by atomic mass is 10.1. The van der Waals surface area contributed by atoms with Gasteiger partial charge in [-0.25, -0.2) is 0 Å². The monoisotopic (exact) mass is 334 g/mol. The van der Waals surface area contributed by atoms with Crippen LogP contribution in [0.2, 0.25) is 0 Å². The van der Waals surface area contributed by atoms with E-state index in [1.165, 1.54) is 5.56 Å². The first-order valence-corrected chi connectivity index (χ1v) is 7.26. The van der Waals surface area contributed by atoms with Crippen molar-refractivity contribution in [2.45, 2.75) is 13.1 Å². The van der Waals surface area contributed by atoms with Crippen molar-refractivity contribution >= 4 is 21.6 Å². The molecule has 106 valence electrons. The molecule has 0 fully saturated rings. The molecule has 0 aliphatic carbocycles. The van der Waals surface area contributed by atoms with E-state index >= 15 is 0 Å². The molecule has 3 nitrogen and oxygen atoms in total. The third-order valence-electron chi connectivity index (χ3n) is 3.25. The number of hydrogen-bond donors (Lipinski definition) is 1. The minimum absolute atomic E-state index is 0.529. The van der Waals surface area contributed by atoms with Gasteiger partial charge in [0.15, 0.2) is 0 Å². The molecular weight excluding hydrogens is 316 g/mol. The zero-order chi connectivity index (χ0) is 14.5. The lowest BCUT2D eigenvalue weighted by Crippen LogP contribution is -2.18. The van der Waals surface area contributed by atoms with Crippen LogP contribution in [0.5, 0.6) is 5.75 Å². The molecule has 0 spiro atoms. The second-order valence-electron chi connectivity index (χ2n) is 4.68. The average molecular weight is 335 g/mol. The minimum Gasteiger partial charge on any atom is -0.497 e. The molecule has 0 unspecified atom stereocenters. The van der Waals surface area contributed by atoms with E-state index in [-0.39, 0.29) is 0 Å². The number of rotatable bonds is 5. The van der Waals surface area contributed by atoms with Gasteiger partial charge in [0.05, 0.1) is 7.11 Å². The van der Waals surface area contributed by atoms with Crippen molar-refractivity contribution in [3.63, 3.8) is 0 Å². The van der Waals surface area contributed by atoms with Gasteiger partial charge in [0.1, 0.15) is 5.75 Å². The molecule has 0 aromatic heterocycles. The Bertz CT molecular complexity index is 569. The fraction of sp³-hybridized carbons (Fsp3) is 0.250. The summed E-state index contributed by atoms with van der Waals surface area (Å²) < 4.78 is 6.23. The molecule has 2 aromatic carbocycles.